The molecule has 0 aliphatic rings. The highest BCUT2D eigenvalue weighted by atomic mass is 79.9. The normalized spacial score (nSPS) is 13.9. The van der Waals surface area contributed by atoms with Crippen LogP contribution >= 0.6 is 15.9 Å². The summed E-state index contributed by atoms with van der Waals surface area (Å²) in [6.07, 6.45) is 0.836. The molecule has 0 bridgehead atoms. The third kappa shape index (κ3) is 4.65. The van der Waals surface area contributed by atoms with Crippen molar-refractivity contribution in [1.82, 2.24) is 5.32 Å². The summed E-state index contributed by atoms with van der Waals surface area (Å²) in [6.45, 7) is 5.23. The molecule has 0 saturated carbocycles. The second-order valence-electron chi connectivity index (χ2n) is 5.41. The maximum atomic E-state index is 13.5. The Labute approximate surface area is 134 Å². The zero-order chi connectivity index (χ0) is 15.2. The highest BCUT2D eigenvalue weighted by molar-refractivity contribution is 9.10. The molecule has 0 fully saturated rings. The van der Waals surface area contributed by atoms with E-state index in [0.29, 0.717) is 5.92 Å². The average molecular weight is 350 g/mol. The average Bonchev–Trinajstić information content (AvgIpc) is 2.44. The zero-order valence-corrected chi connectivity index (χ0v) is 14.0. The Morgan fingerprint density at radius 3 is 2.48 bits per heavy atom. The molecule has 2 rings (SSSR count). The maximum Gasteiger partial charge on any atom is 0.124 e. The smallest absolute Gasteiger partial charge is 0.124 e. The van der Waals surface area contributed by atoms with Crippen molar-refractivity contribution in [2.24, 2.45) is 5.92 Å². The molecule has 0 heterocycles. The van der Waals surface area contributed by atoms with E-state index in [4.69, 9.17) is 0 Å². The molecule has 0 amide bonds. The van der Waals surface area contributed by atoms with Gasteiger partial charge in [0.15, 0.2) is 0 Å². The van der Waals surface area contributed by atoms with Crippen LogP contribution in [-0.2, 0) is 6.42 Å². The first-order valence-electron chi connectivity index (χ1n) is 7.33. The molecule has 0 aliphatic carbocycles. The van der Waals surface area contributed by atoms with E-state index in [9.17, 15) is 4.39 Å². The quantitative estimate of drug-likeness (QED) is 0.763. The molecule has 0 aliphatic heterocycles. The Hall–Kier alpha value is -1.19. The molecule has 1 nitrogen and oxygen atoms in total. The Balaban J connectivity index is 2.17. The second kappa shape index (κ2) is 7.71. The first-order chi connectivity index (χ1) is 10.1. The lowest BCUT2D eigenvalue weighted by Crippen LogP contribution is -2.28. The fourth-order valence-electron chi connectivity index (χ4n) is 2.75. The topological polar surface area (TPSA) is 12.0 Å². The van der Waals surface area contributed by atoms with Crippen LogP contribution in [0.3, 0.4) is 0 Å². The first-order valence-corrected chi connectivity index (χ1v) is 8.12. The van der Waals surface area contributed by atoms with Gasteiger partial charge in [-0.25, -0.2) is 4.39 Å². The molecular weight excluding hydrogens is 329 g/mol. The molecule has 2 unspecified atom stereocenters. The predicted molar refractivity (Wildman–Crippen MR) is 89.8 cm³/mol. The molecule has 21 heavy (non-hydrogen) atoms. The van der Waals surface area contributed by atoms with Gasteiger partial charge in [-0.2, -0.15) is 0 Å². The van der Waals surface area contributed by atoms with Gasteiger partial charge in [0, 0.05) is 10.5 Å². The maximum absolute atomic E-state index is 13.5. The van der Waals surface area contributed by atoms with Crippen molar-refractivity contribution in [3.63, 3.8) is 0 Å². The van der Waals surface area contributed by atoms with Crippen molar-refractivity contribution in [3.05, 3.63) is 69.9 Å². The number of hydrogen-bond donors (Lipinski definition) is 1. The molecule has 1 N–H and O–H groups in total. The largest absolute Gasteiger partial charge is 0.310 e. The summed E-state index contributed by atoms with van der Waals surface area (Å²) < 4.78 is 14.3. The van der Waals surface area contributed by atoms with Crippen molar-refractivity contribution in [2.45, 2.75) is 26.3 Å². The van der Waals surface area contributed by atoms with Crippen LogP contribution in [0.15, 0.2) is 53.0 Å². The summed E-state index contributed by atoms with van der Waals surface area (Å²) in [5, 5.41) is 3.54. The molecule has 2 aromatic carbocycles. The number of halogens is 2. The van der Waals surface area contributed by atoms with E-state index < -0.39 is 0 Å². The van der Waals surface area contributed by atoms with Crippen LogP contribution in [0, 0.1) is 11.7 Å². The van der Waals surface area contributed by atoms with Crippen LogP contribution < -0.4 is 5.32 Å². The number of benzene rings is 2. The Bertz CT molecular complexity index is 550. The van der Waals surface area contributed by atoms with Crippen molar-refractivity contribution >= 4 is 15.9 Å². The molecule has 2 atom stereocenters. The van der Waals surface area contributed by atoms with Gasteiger partial charge in [-0.05, 0) is 48.2 Å². The van der Waals surface area contributed by atoms with Crippen molar-refractivity contribution in [3.8, 4) is 0 Å². The van der Waals surface area contributed by atoms with Crippen LogP contribution in [0.4, 0.5) is 4.39 Å². The van der Waals surface area contributed by atoms with Gasteiger partial charge in [0.1, 0.15) is 5.82 Å². The van der Waals surface area contributed by atoms with Crippen LogP contribution in [0.25, 0.3) is 0 Å². The van der Waals surface area contributed by atoms with Gasteiger partial charge in [0.25, 0.3) is 0 Å². The zero-order valence-electron chi connectivity index (χ0n) is 12.4. The SMILES string of the molecule is CCNC(c1ccccc1)C(C)Cc1cc(F)cc(Br)c1. The monoisotopic (exact) mass is 349 g/mol. The standard InChI is InChI=1S/C18H21BrFN/c1-3-21-18(15-7-5-4-6-8-15)13(2)9-14-10-16(19)12-17(20)11-14/h4-8,10-13,18,21H,3,9H2,1-2H3. The van der Waals surface area contributed by atoms with Crippen LogP contribution in [0.5, 0.6) is 0 Å². The lowest BCUT2D eigenvalue weighted by molar-refractivity contribution is 0.391. The van der Waals surface area contributed by atoms with E-state index in [2.05, 4.69) is 59.4 Å². The van der Waals surface area contributed by atoms with Crippen LogP contribution in [0.2, 0.25) is 0 Å². The van der Waals surface area contributed by atoms with Gasteiger partial charge in [-0.3, -0.25) is 0 Å². The molecule has 0 aromatic heterocycles. The summed E-state index contributed by atoms with van der Waals surface area (Å²) in [5.74, 6) is 0.187. The fourth-order valence-corrected chi connectivity index (χ4v) is 3.26. The van der Waals surface area contributed by atoms with Gasteiger partial charge >= 0.3 is 0 Å². The highest BCUT2D eigenvalue weighted by Crippen LogP contribution is 2.26. The summed E-state index contributed by atoms with van der Waals surface area (Å²) in [4.78, 5) is 0. The minimum atomic E-state index is -0.189. The lowest BCUT2D eigenvalue weighted by atomic mass is 9.89. The van der Waals surface area contributed by atoms with Gasteiger partial charge < -0.3 is 5.32 Å². The molecule has 3 heteroatoms. The third-order valence-corrected chi connectivity index (χ3v) is 4.09. The minimum Gasteiger partial charge on any atom is -0.310 e. The lowest BCUT2D eigenvalue weighted by Gasteiger charge is -2.25. The summed E-state index contributed by atoms with van der Waals surface area (Å²) in [5.41, 5.74) is 2.30. The molecule has 0 radical (unpaired) electrons. The number of hydrogen-bond acceptors (Lipinski definition) is 1. The number of nitrogens with one attached hydrogen (secondary N) is 1. The van der Waals surface area contributed by atoms with Crippen molar-refractivity contribution in [2.75, 3.05) is 6.54 Å². The Morgan fingerprint density at radius 2 is 1.86 bits per heavy atom. The second-order valence-corrected chi connectivity index (χ2v) is 6.32. The fraction of sp³-hybridized carbons (Fsp3) is 0.333. The van der Waals surface area contributed by atoms with E-state index in [-0.39, 0.29) is 11.9 Å². The van der Waals surface area contributed by atoms with E-state index in [0.717, 1.165) is 23.0 Å². The van der Waals surface area contributed by atoms with E-state index in [1.54, 1.807) is 6.07 Å². The predicted octanol–water partition coefficient (Wildman–Crippen LogP) is 5.12. The number of rotatable bonds is 6. The van der Waals surface area contributed by atoms with Crippen LogP contribution in [-0.4, -0.2) is 6.54 Å². The van der Waals surface area contributed by atoms with E-state index in [1.165, 1.54) is 11.6 Å². The summed E-state index contributed by atoms with van der Waals surface area (Å²) in [6, 6.07) is 15.8. The van der Waals surface area contributed by atoms with Gasteiger partial charge in [0.05, 0.1) is 0 Å². The Morgan fingerprint density at radius 1 is 1.14 bits per heavy atom. The third-order valence-electron chi connectivity index (χ3n) is 3.63. The minimum absolute atomic E-state index is 0.189. The van der Waals surface area contributed by atoms with E-state index >= 15 is 0 Å². The van der Waals surface area contributed by atoms with Crippen LogP contribution in [0.1, 0.15) is 31.0 Å². The summed E-state index contributed by atoms with van der Waals surface area (Å²) >= 11 is 3.36. The molecule has 2 aromatic rings. The molecule has 0 spiro atoms. The van der Waals surface area contributed by atoms with Gasteiger partial charge in [-0.1, -0.05) is 60.1 Å². The highest BCUT2D eigenvalue weighted by Gasteiger charge is 2.18. The van der Waals surface area contributed by atoms with Gasteiger partial charge in [0.2, 0.25) is 0 Å². The summed E-state index contributed by atoms with van der Waals surface area (Å²) in [7, 11) is 0. The molecule has 0 saturated heterocycles. The van der Waals surface area contributed by atoms with E-state index in [1.807, 2.05) is 12.1 Å². The van der Waals surface area contributed by atoms with Gasteiger partial charge in [-0.15, -0.1) is 0 Å². The molecular formula is C18H21BrFN. The van der Waals surface area contributed by atoms with Crippen molar-refractivity contribution in [1.29, 1.82) is 0 Å². The molecule has 112 valence electrons. The Kier molecular flexibility index (Phi) is 5.95. The first kappa shape index (κ1) is 16.2. The van der Waals surface area contributed by atoms with Crippen molar-refractivity contribution < 1.29 is 4.39 Å².